The van der Waals surface area contributed by atoms with Crippen LogP contribution in [0.5, 0.6) is 0 Å². The summed E-state index contributed by atoms with van der Waals surface area (Å²) in [7, 11) is 0. The quantitative estimate of drug-likeness (QED) is 0.785. The van der Waals surface area contributed by atoms with Crippen molar-refractivity contribution in [2.75, 3.05) is 0 Å². The second-order valence-electron chi connectivity index (χ2n) is 6.90. The molecule has 1 saturated carbocycles. The summed E-state index contributed by atoms with van der Waals surface area (Å²) in [4.78, 5) is 0. The Bertz CT molecular complexity index is 441. The largest absolute Gasteiger partial charge is 0.310 e. The first-order valence-corrected chi connectivity index (χ1v) is 8.75. The Morgan fingerprint density at radius 3 is 2.70 bits per heavy atom. The fourth-order valence-corrected chi connectivity index (χ4v) is 3.86. The fourth-order valence-electron chi connectivity index (χ4n) is 3.43. The summed E-state index contributed by atoms with van der Waals surface area (Å²) in [5, 5.41) is 3.83. The number of halogens is 1. The molecule has 1 fully saturated rings. The van der Waals surface area contributed by atoms with Crippen molar-refractivity contribution in [3.05, 3.63) is 33.8 Å². The molecule has 0 bridgehead atoms. The predicted molar refractivity (Wildman–Crippen MR) is 90.8 cm³/mol. The van der Waals surface area contributed by atoms with Crippen LogP contribution >= 0.6 is 15.9 Å². The van der Waals surface area contributed by atoms with Crippen molar-refractivity contribution in [1.82, 2.24) is 5.32 Å². The van der Waals surface area contributed by atoms with E-state index in [2.05, 4.69) is 67.1 Å². The Hall–Kier alpha value is -0.340. The highest BCUT2D eigenvalue weighted by molar-refractivity contribution is 9.10. The topological polar surface area (TPSA) is 12.0 Å². The molecular weight excluding hydrogens is 310 g/mol. The van der Waals surface area contributed by atoms with Gasteiger partial charge in [0.2, 0.25) is 0 Å². The minimum absolute atomic E-state index is 0.679. The third kappa shape index (κ3) is 4.08. The molecule has 1 N–H and O–H groups in total. The maximum atomic E-state index is 3.83. The molecule has 20 heavy (non-hydrogen) atoms. The van der Waals surface area contributed by atoms with Gasteiger partial charge in [0.05, 0.1) is 0 Å². The molecule has 0 saturated heterocycles. The van der Waals surface area contributed by atoms with Crippen LogP contribution < -0.4 is 5.32 Å². The van der Waals surface area contributed by atoms with Crippen molar-refractivity contribution >= 4 is 15.9 Å². The first-order chi connectivity index (χ1) is 9.47. The fraction of sp³-hybridized carbons (Fsp3) is 0.667. The SMILES string of the molecule is Cc1ccc(CNC2CC(C)CCC2C(C)C)cc1Br. The maximum absolute atomic E-state index is 3.83. The Morgan fingerprint density at radius 2 is 2.05 bits per heavy atom. The summed E-state index contributed by atoms with van der Waals surface area (Å²) in [6.07, 6.45) is 4.11. The summed E-state index contributed by atoms with van der Waals surface area (Å²) in [6.45, 7) is 10.3. The number of hydrogen-bond donors (Lipinski definition) is 1. The monoisotopic (exact) mass is 337 g/mol. The molecule has 0 heterocycles. The molecule has 2 rings (SSSR count). The molecule has 2 heteroatoms. The summed E-state index contributed by atoms with van der Waals surface area (Å²) >= 11 is 3.63. The highest BCUT2D eigenvalue weighted by Gasteiger charge is 2.30. The van der Waals surface area contributed by atoms with Gasteiger partial charge in [-0.2, -0.15) is 0 Å². The predicted octanol–water partition coefficient (Wildman–Crippen LogP) is 5.31. The van der Waals surface area contributed by atoms with Crippen molar-refractivity contribution in [2.45, 2.75) is 59.5 Å². The van der Waals surface area contributed by atoms with Gasteiger partial charge in [-0.3, -0.25) is 0 Å². The van der Waals surface area contributed by atoms with Crippen LogP contribution in [-0.2, 0) is 6.54 Å². The average molecular weight is 338 g/mol. The first kappa shape index (κ1) is 16.0. The van der Waals surface area contributed by atoms with E-state index in [-0.39, 0.29) is 0 Å². The molecule has 3 unspecified atom stereocenters. The van der Waals surface area contributed by atoms with E-state index in [0.717, 1.165) is 24.3 Å². The van der Waals surface area contributed by atoms with Gasteiger partial charge >= 0.3 is 0 Å². The van der Waals surface area contributed by atoms with Crippen LogP contribution in [0.4, 0.5) is 0 Å². The highest BCUT2D eigenvalue weighted by atomic mass is 79.9. The smallest absolute Gasteiger partial charge is 0.0208 e. The first-order valence-electron chi connectivity index (χ1n) is 7.95. The van der Waals surface area contributed by atoms with E-state index in [1.165, 1.54) is 34.9 Å². The lowest BCUT2D eigenvalue weighted by Gasteiger charge is -2.38. The van der Waals surface area contributed by atoms with Crippen molar-refractivity contribution in [1.29, 1.82) is 0 Å². The molecule has 0 radical (unpaired) electrons. The molecule has 1 aliphatic rings. The van der Waals surface area contributed by atoms with Crippen LogP contribution in [0.3, 0.4) is 0 Å². The number of benzene rings is 1. The zero-order valence-corrected chi connectivity index (χ0v) is 14.8. The number of rotatable bonds is 4. The van der Waals surface area contributed by atoms with Gasteiger partial charge in [-0.15, -0.1) is 0 Å². The van der Waals surface area contributed by atoms with Gasteiger partial charge in [0.25, 0.3) is 0 Å². The third-order valence-electron chi connectivity index (χ3n) is 4.83. The zero-order chi connectivity index (χ0) is 14.7. The van der Waals surface area contributed by atoms with Crippen LogP contribution in [0.15, 0.2) is 22.7 Å². The van der Waals surface area contributed by atoms with Gasteiger partial charge in [-0.1, -0.05) is 55.3 Å². The molecule has 3 atom stereocenters. The van der Waals surface area contributed by atoms with Gasteiger partial charge in [-0.05, 0) is 54.7 Å². The van der Waals surface area contributed by atoms with Crippen LogP contribution in [-0.4, -0.2) is 6.04 Å². The van der Waals surface area contributed by atoms with E-state index >= 15 is 0 Å². The van der Waals surface area contributed by atoms with Crippen molar-refractivity contribution in [2.24, 2.45) is 17.8 Å². The van der Waals surface area contributed by atoms with Crippen LogP contribution in [0.2, 0.25) is 0 Å². The van der Waals surface area contributed by atoms with Gasteiger partial charge in [0, 0.05) is 17.1 Å². The normalized spacial score (nSPS) is 27.0. The van der Waals surface area contributed by atoms with Crippen molar-refractivity contribution in [3.8, 4) is 0 Å². The Kier molecular flexibility index (Phi) is 5.68. The average Bonchev–Trinajstić information content (AvgIpc) is 2.40. The number of nitrogens with one attached hydrogen (secondary N) is 1. The van der Waals surface area contributed by atoms with Gasteiger partial charge < -0.3 is 5.32 Å². The van der Waals surface area contributed by atoms with E-state index in [1.807, 2.05) is 0 Å². The van der Waals surface area contributed by atoms with E-state index in [1.54, 1.807) is 0 Å². The Balaban J connectivity index is 1.98. The maximum Gasteiger partial charge on any atom is 0.0208 e. The summed E-state index contributed by atoms with van der Waals surface area (Å²) in [5.41, 5.74) is 2.68. The second kappa shape index (κ2) is 7.09. The van der Waals surface area contributed by atoms with Crippen molar-refractivity contribution in [3.63, 3.8) is 0 Å². The van der Waals surface area contributed by atoms with Crippen LogP contribution in [0.25, 0.3) is 0 Å². The minimum atomic E-state index is 0.679. The molecule has 0 aliphatic heterocycles. The second-order valence-corrected chi connectivity index (χ2v) is 7.75. The summed E-state index contributed by atoms with van der Waals surface area (Å²) in [5.74, 6) is 2.48. The molecule has 1 nitrogen and oxygen atoms in total. The molecule has 0 aromatic heterocycles. The number of hydrogen-bond acceptors (Lipinski definition) is 1. The lowest BCUT2D eigenvalue weighted by atomic mass is 9.74. The van der Waals surface area contributed by atoms with Gasteiger partial charge in [-0.25, -0.2) is 0 Å². The van der Waals surface area contributed by atoms with E-state index in [4.69, 9.17) is 0 Å². The molecule has 1 aromatic carbocycles. The molecule has 0 amide bonds. The van der Waals surface area contributed by atoms with Gasteiger partial charge in [0.1, 0.15) is 0 Å². The van der Waals surface area contributed by atoms with E-state index in [0.29, 0.717) is 6.04 Å². The summed E-state index contributed by atoms with van der Waals surface area (Å²) in [6, 6.07) is 7.37. The lowest BCUT2D eigenvalue weighted by Crippen LogP contribution is -2.42. The lowest BCUT2D eigenvalue weighted by molar-refractivity contribution is 0.169. The summed E-state index contributed by atoms with van der Waals surface area (Å²) < 4.78 is 1.22. The highest BCUT2D eigenvalue weighted by Crippen LogP contribution is 2.33. The Labute approximate surface area is 132 Å². The standard InChI is InChI=1S/C18H28BrN/c1-12(2)16-8-5-13(3)9-18(16)20-11-15-7-6-14(4)17(19)10-15/h6-7,10,12-13,16,18,20H,5,8-9,11H2,1-4H3. The molecule has 1 aliphatic carbocycles. The van der Waals surface area contributed by atoms with Crippen LogP contribution in [0.1, 0.15) is 51.2 Å². The van der Waals surface area contributed by atoms with E-state index < -0.39 is 0 Å². The molecule has 1 aromatic rings. The van der Waals surface area contributed by atoms with Crippen molar-refractivity contribution < 1.29 is 0 Å². The Morgan fingerprint density at radius 1 is 1.30 bits per heavy atom. The van der Waals surface area contributed by atoms with Gasteiger partial charge in [0.15, 0.2) is 0 Å². The molecule has 112 valence electrons. The number of aryl methyl sites for hydroxylation is 1. The molecular formula is C18H28BrN. The van der Waals surface area contributed by atoms with Crippen LogP contribution in [0, 0.1) is 24.7 Å². The third-order valence-corrected chi connectivity index (χ3v) is 5.68. The minimum Gasteiger partial charge on any atom is -0.310 e. The molecule has 0 spiro atoms. The van der Waals surface area contributed by atoms with E-state index in [9.17, 15) is 0 Å². The zero-order valence-electron chi connectivity index (χ0n) is 13.2.